The summed E-state index contributed by atoms with van der Waals surface area (Å²) in [4.78, 5) is 37.8. The first-order chi connectivity index (χ1) is 22.5. The zero-order chi connectivity index (χ0) is 35.2. The second kappa shape index (κ2) is 15.0. The number of carbonyl (C=O) groups is 3. The molecule has 1 fully saturated rings. The number of rotatable bonds is 8. The molecule has 0 aliphatic carbocycles. The molecule has 2 aromatic carbocycles. The van der Waals surface area contributed by atoms with Crippen LogP contribution in [0, 0.1) is 0 Å². The van der Waals surface area contributed by atoms with Crippen molar-refractivity contribution in [3.63, 3.8) is 0 Å². The van der Waals surface area contributed by atoms with Gasteiger partial charge in [-0.25, -0.2) is 9.59 Å². The monoisotopic (exact) mass is 685 g/mol. The Balaban J connectivity index is 0.000000671. The standard InChI is InChI=1S/C29H32F3N5O4.C2HF3O2/c1-35-11-13-36(14-12-35)17-19-5-7-20(8-6-19)25-24(21-3-2-4-23(15-21)41-29(30,31)32)18-37-22(9-10-33-28(39)40)16-34-27(38)26(25)37;3-2(4,5)1(6)7/h2-8,15,18,22,33H,9-14,16-17H2,1H3,(H,34,38)(H,39,40);(H,6,7)/t22-;/m0./s1. The van der Waals surface area contributed by atoms with Crippen LogP contribution in [0.3, 0.4) is 0 Å². The van der Waals surface area contributed by atoms with Crippen LogP contribution in [0.1, 0.15) is 28.5 Å². The van der Waals surface area contributed by atoms with Gasteiger partial charge in [0.2, 0.25) is 0 Å². The van der Waals surface area contributed by atoms with E-state index in [4.69, 9.17) is 15.0 Å². The predicted molar refractivity (Wildman–Crippen MR) is 160 cm³/mol. The molecule has 0 saturated carbocycles. The lowest BCUT2D eigenvalue weighted by Crippen LogP contribution is -2.43. The molecule has 48 heavy (non-hydrogen) atoms. The third-order valence-electron chi connectivity index (χ3n) is 7.76. The highest BCUT2D eigenvalue weighted by molar-refractivity contribution is 6.05. The number of likely N-dealkylation sites (N-methyl/N-ethyl adjacent to an activating group) is 1. The number of aromatic nitrogens is 1. The Labute approximate surface area is 270 Å². The Morgan fingerprint density at radius 1 is 0.979 bits per heavy atom. The second-order valence-electron chi connectivity index (χ2n) is 11.2. The Kier molecular flexibility index (Phi) is 11.3. The maximum atomic E-state index is 13.2. The molecule has 3 heterocycles. The highest BCUT2D eigenvalue weighted by Crippen LogP contribution is 2.41. The number of fused-ring (bicyclic) bond motifs is 1. The molecule has 0 bridgehead atoms. The number of hydrogen-bond donors (Lipinski definition) is 4. The van der Waals surface area contributed by atoms with Gasteiger partial charge in [0.1, 0.15) is 11.4 Å². The first kappa shape index (κ1) is 36.1. The third-order valence-corrected chi connectivity index (χ3v) is 7.76. The molecule has 3 aromatic rings. The molecule has 2 aliphatic heterocycles. The zero-order valence-electron chi connectivity index (χ0n) is 25.6. The molecule has 0 unspecified atom stereocenters. The highest BCUT2D eigenvalue weighted by atomic mass is 19.4. The minimum atomic E-state index is -5.08. The van der Waals surface area contributed by atoms with Crippen LogP contribution in [-0.4, -0.2) is 101 Å². The number of ether oxygens (including phenoxy) is 1. The number of amides is 2. The van der Waals surface area contributed by atoms with Crippen LogP contribution >= 0.6 is 0 Å². The van der Waals surface area contributed by atoms with Crippen LogP contribution in [0.2, 0.25) is 0 Å². The van der Waals surface area contributed by atoms with Crippen molar-refractivity contribution < 1.29 is 55.7 Å². The lowest BCUT2D eigenvalue weighted by molar-refractivity contribution is -0.274. The summed E-state index contributed by atoms with van der Waals surface area (Å²) in [6.07, 6.45) is -8.89. The number of carboxylic acids is 1. The van der Waals surface area contributed by atoms with E-state index < -0.39 is 24.6 Å². The van der Waals surface area contributed by atoms with Gasteiger partial charge in [0.25, 0.3) is 5.91 Å². The lowest BCUT2D eigenvalue weighted by atomic mass is 9.95. The number of hydrogen-bond acceptors (Lipinski definition) is 6. The molecular weight excluding hydrogens is 652 g/mol. The van der Waals surface area contributed by atoms with Crippen molar-refractivity contribution in [1.29, 1.82) is 0 Å². The molecule has 1 atom stereocenters. The Morgan fingerprint density at radius 3 is 2.21 bits per heavy atom. The van der Waals surface area contributed by atoms with Crippen molar-refractivity contribution in [3.05, 3.63) is 66.0 Å². The predicted octanol–water partition coefficient (Wildman–Crippen LogP) is 5.04. The first-order valence-electron chi connectivity index (χ1n) is 14.7. The molecular formula is C31H33F6N5O6. The Hall–Kier alpha value is -4.77. The summed E-state index contributed by atoms with van der Waals surface area (Å²) in [5.41, 5.74) is 3.87. The average molecular weight is 686 g/mol. The van der Waals surface area contributed by atoms with Crippen LogP contribution in [-0.2, 0) is 11.3 Å². The van der Waals surface area contributed by atoms with Gasteiger partial charge in [-0.15, -0.1) is 13.2 Å². The normalized spacial score (nSPS) is 17.1. The topological polar surface area (TPSA) is 136 Å². The van der Waals surface area contributed by atoms with Gasteiger partial charge in [0, 0.05) is 63.1 Å². The number of nitrogens with one attached hydrogen (secondary N) is 2. The molecule has 2 amide bonds. The molecule has 11 nitrogen and oxygen atoms in total. The van der Waals surface area contributed by atoms with E-state index >= 15 is 0 Å². The van der Waals surface area contributed by atoms with E-state index in [-0.39, 0.29) is 24.2 Å². The molecule has 1 aromatic heterocycles. The second-order valence-corrected chi connectivity index (χ2v) is 11.2. The molecule has 0 radical (unpaired) electrons. The number of nitrogens with zero attached hydrogens (tertiary/aromatic N) is 3. The van der Waals surface area contributed by atoms with E-state index in [0.29, 0.717) is 35.3 Å². The summed E-state index contributed by atoms with van der Waals surface area (Å²) in [7, 11) is 2.11. The molecule has 17 heteroatoms. The van der Waals surface area contributed by atoms with Crippen LogP contribution in [0.4, 0.5) is 31.1 Å². The quantitative estimate of drug-likeness (QED) is 0.242. The maximum Gasteiger partial charge on any atom is 0.573 e. The number of piperazine rings is 1. The van der Waals surface area contributed by atoms with Crippen molar-refractivity contribution in [2.45, 2.75) is 31.5 Å². The first-order valence-corrected chi connectivity index (χ1v) is 14.7. The van der Waals surface area contributed by atoms with Crippen LogP contribution in [0.25, 0.3) is 22.3 Å². The number of benzene rings is 2. The minimum Gasteiger partial charge on any atom is -0.475 e. The smallest absolute Gasteiger partial charge is 0.475 e. The summed E-state index contributed by atoms with van der Waals surface area (Å²) in [6.45, 7) is 5.23. The van der Waals surface area contributed by atoms with Gasteiger partial charge in [-0.2, -0.15) is 13.2 Å². The van der Waals surface area contributed by atoms with Gasteiger partial charge >= 0.3 is 24.6 Å². The van der Waals surface area contributed by atoms with Crippen LogP contribution in [0.15, 0.2) is 54.7 Å². The van der Waals surface area contributed by atoms with E-state index in [2.05, 4.69) is 32.2 Å². The molecule has 2 aliphatic rings. The van der Waals surface area contributed by atoms with Crippen molar-refractivity contribution in [3.8, 4) is 28.0 Å². The average Bonchev–Trinajstić information content (AvgIpc) is 3.41. The van der Waals surface area contributed by atoms with Crippen LogP contribution < -0.4 is 15.4 Å². The molecule has 1 saturated heterocycles. The number of carbonyl (C=O) groups excluding carboxylic acids is 1. The molecule has 0 spiro atoms. The van der Waals surface area contributed by atoms with Crippen molar-refractivity contribution in [2.24, 2.45) is 0 Å². The SMILES string of the molecule is CN1CCN(Cc2ccc(-c3c(-c4cccc(OC(F)(F)F)c4)cn4c3C(=O)NC[C@@H]4CCNC(=O)O)cc2)CC1.O=C(O)C(F)(F)F. The van der Waals surface area contributed by atoms with Crippen molar-refractivity contribution in [2.75, 3.05) is 46.3 Å². The summed E-state index contributed by atoms with van der Waals surface area (Å²) in [5, 5.41) is 21.4. The fourth-order valence-corrected chi connectivity index (χ4v) is 5.44. The number of aliphatic carboxylic acids is 1. The van der Waals surface area contributed by atoms with Gasteiger partial charge in [0.05, 0.1) is 6.04 Å². The van der Waals surface area contributed by atoms with E-state index in [1.165, 1.54) is 18.2 Å². The molecule has 5 rings (SSSR count). The summed E-state index contributed by atoms with van der Waals surface area (Å²) >= 11 is 0. The lowest BCUT2D eigenvalue weighted by Gasteiger charge is -2.32. The fourth-order valence-electron chi connectivity index (χ4n) is 5.44. The summed E-state index contributed by atoms with van der Waals surface area (Å²) < 4.78 is 76.6. The largest absolute Gasteiger partial charge is 0.573 e. The number of carboxylic acid groups (broad SMARTS) is 2. The zero-order valence-corrected chi connectivity index (χ0v) is 25.6. The maximum absolute atomic E-state index is 13.2. The van der Waals surface area contributed by atoms with Gasteiger partial charge in [-0.3, -0.25) is 9.69 Å². The van der Waals surface area contributed by atoms with Gasteiger partial charge in [0.15, 0.2) is 0 Å². The van der Waals surface area contributed by atoms with Gasteiger partial charge < -0.3 is 35.1 Å². The van der Waals surface area contributed by atoms with Crippen molar-refractivity contribution >= 4 is 18.0 Å². The van der Waals surface area contributed by atoms with E-state index in [0.717, 1.165) is 43.9 Å². The Bertz CT molecular complexity index is 1600. The van der Waals surface area contributed by atoms with E-state index in [9.17, 15) is 35.9 Å². The number of halogens is 6. The van der Waals surface area contributed by atoms with Gasteiger partial charge in [-0.1, -0.05) is 36.4 Å². The van der Waals surface area contributed by atoms with E-state index in [1.54, 1.807) is 12.3 Å². The van der Waals surface area contributed by atoms with Crippen LogP contribution in [0.5, 0.6) is 5.75 Å². The number of alkyl halides is 6. The van der Waals surface area contributed by atoms with Gasteiger partial charge in [-0.05, 0) is 42.3 Å². The Morgan fingerprint density at radius 2 is 1.62 bits per heavy atom. The fraction of sp³-hybridized carbons (Fsp3) is 0.387. The minimum absolute atomic E-state index is 0.175. The molecule has 260 valence electrons. The van der Waals surface area contributed by atoms with E-state index in [1.807, 2.05) is 28.8 Å². The summed E-state index contributed by atoms with van der Waals surface area (Å²) in [6, 6.07) is 13.3. The summed E-state index contributed by atoms with van der Waals surface area (Å²) in [5.74, 6) is -3.43. The third kappa shape index (κ3) is 9.63. The molecule has 4 N–H and O–H groups in total. The van der Waals surface area contributed by atoms with Crippen molar-refractivity contribution in [1.82, 2.24) is 25.0 Å². The highest BCUT2D eigenvalue weighted by Gasteiger charge is 2.38.